The van der Waals surface area contributed by atoms with Crippen LogP contribution in [0.4, 0.5) is 0 Å². The zero-order valence-electron chi connectivity index (χ0n) is 11.8. The third-order valence-corrected chi connectivity index (χ3v) is 3.90. The van der Waals surface area contributed by atoms with Crippen molar-refractivity contribution in [2.45, 2.75) is 18.2 Å². The number of nitrogens with zero attached hydrogens (tertiary/aromatic N) is 1. The van der Waals surface area contributed by atoms with Crippen LogP contribution in [0.1, 0.15) is 18.9 Å². The smallest absolute Gasteiger partial charge is 0.240 e. The number of nitrogens with one attached hydrogen (secondary N) is 1. The van der Waals surface area contributed by atoms with Gasteiger partial charge in [0.1, 0.15) is 5.75 Å². The molecule has 0 aromatic heterocycles. The number of amides is 1. The Morgan fingerprint density at radius 1 is 1.45 bits per heavy atom. The van der Waals surface area contributed by atoms with Crippen LogP contribution >= 0.6 is 11.8 Å². The molecule has 0 bridgehead atoms. The van der Waals surface area contributed by atoms with Gasteiger partial charge in [-0.3, -0.25) is 4.79 Å². The Kier molecular flexibility index (Phi) is 4.84. The van der Waals surface area contributed by atoms with Crippen molar-refractivity contribution in [1.29, 1.82) is 0 Å². The first-order valence-electron chi connectivity index (χ1n) is 6.40. The number of thioether (sulfide) groups is 1. The SMILES string of the molecule is COc1ccc(SC)cc1C=CC1=NNC(=O)CC1C. The third-order valence-electron chi connectivity index (χ3n) is 3.18. The van der Waals surface area contributed by atoms with E-state index in [1.54, 1.807) is 18.9 Å². The Hall–Kier alpha value is -1.75. The molecule has 1 aromatic rings. The normalized spacial score (nSPS) is 18.9. The molecule has 0 saturated heterocycles. The summed E-state index contributed by atoms with van der Waals surface area (Å²) in [7, 11) is 1.66. The van der Waals surface area contributed by atoms with Crippen LogP contribution in [0.3, 0.4) is 0 Å². The van der Waals surface area contributed by atoms with Gasteiger partial charge in [-0.05, 0) is 36.6 Å². The number of rotatable bonds is 4. The fourth-order valence-electron chi connectivity index (χ4n) is 2.01. The van der Waals surface area contributed by atoms with Crippen molar-refractivity contribution in [2.24, 2.45) is 11.0 Å². The number of carbonyl (C=O) groups excluding carboxylic acids is 1. The predicted molar refractivity (Wildman–Crippen MR) is 83.2 cm³/mol. The summed E-state index contributed by atoms with van der Waals surface area (Å²) in [6.07, 6.45) is 6.43. The number of benzene rings is 1. The number of hydrogen-bond acceptors (Lipinski definition) is 4. The van der Waals surface area contributed by atoms with Crippen LogP contribution in [0.15, 0.2) is 34.3 Å². The van der Waals surface area contributed by atoms with Gasteiger partial charge in [-0.15, -0.1) is 11.8 Å². The summed E-state index contributed by atoms with van der Waals surface area (Å²) >= 11 is 1.69. The summed E-state index contributed by atoms with van der Waals surface area (Å²) in [6.45, 7) is 2.00. The van der Waals surface area contributed by atoms with E-state index in [4.69, 9.17) is 4.74 Å². The Morgan fingerprint density at radius 3 is 2.90 bits per heavy atom. The Labute approximate surface area is 123 Å². The molecule has 0 spiro atoms. The van der Waals surface area contributed by atoms with E-state index in [1.165, 1.54) is 4.90 Å². The van der Waals surface area contributed by atoms with E-state index >= 15 is 0 Å². The first-order valence-corrected chi connectivity index (χ1v) is 7.63. The molecule has 1 aliphatic rings. The summed E-state index contributed by atoms with van der Waals surface area (Å²) in [5.41, 5.74) is 4.39. The Morgan fingerprint density at radius 2 is 2.25 bits per heavy atom. The molecule has 1 heterocycles. The van der Waals surface area contributed by atoms with Crippen LogP contribution in [-0.4, -0.2) is 25.0 Å². The maximum Gasteiger partial charge on any atom is 0.240 e. The second kappa shape index (κ2) is 6.61. The first-order chi connectivity index (χ1) is 9.63. The molecule has 106 valence electrons. The number of methoxy groups -OCH3 is 1. The topological polar surface area (TPSA) is 50.7 Å². The van der Waals surface area contributed by atoms with E-state index in [0.717, 1.165) is 17.0 Å². The van der Waals surface area contributed by atoms with Gasteiger partial charge in [-0.2, -0.15) is 5.10 Å². The van der Waals surface area contributed by atoms with E-state index < -0.39 is 0 Å². The second-order valence-electron chi connectivity index (χ2n) is 4.62. The molecule has 1 atom stereocenters. The van der Waals surface area contributed by atoms with Gasteiger partial charge in [-0.1, -0.05) is 6.92 Å². The second-order valence-corrected chi connectivity index (χ2v) is 5.50. The van der Waals surface area contributed by atoms with Gasteiger partial charge < -0.3 is 4.74 Å². The van der Waals surface area contributed by atoms with Gasteiger partial charge in [0.05, 0.1) is 12.8 Å². The van der Waals surface area contributed by atoms with E-state index in [2.05, 4.69) is 16.6 Å². The monoisotopic (exact) mass is 290 g/mol. The predicted octanol–water partition coefficient (Wildman–Crippen LogP) is 2.94. The fraction of sp³-hybridized carbons (Fsp3) is 0.333. The lowest BCUT2D eigenvalue weighted by Gasteiger charge is -2.16. The highest BCUT2D eigenvalue weighted by Crippen LogP contribution is 2.26. The molecule has 1 aliphatic heterocycles. The van der Waals surface area contributed by atoms with Crippen LogP contribution in [0.25, 0.3) is 6.08 Å². The van der Waals surface area contributed by atoms with Gasteiger partial charge in [-0.25, -0.2) is 5.43 Å². The number of carbonyl (C=O) groups is 1. The summed E-state index contributed by atoms with van der Waals surface area (Å²) in [4.78, 5) is 12.4. The van der Waals surface area contributed by atoms with Crippen LogP contribution in [0.2, 0.25) is 0 Å². The Bertz CT molecular complexity index is 567. The van der Waals surface area contributed by atoms with Crippen molar-refractivity contribution in [1.82, 2.24) is 5.43 Å². The maximum atomic E-state index is 11.2. The van der Waals surface area contributed by atoms with Gasteiger partial charge in [0, 0.05) is 22.8 Å². The van der Waals surface area contributed by atoms with Crippen molar-refractivity contribution < 1.29 is 9.53 Å². The molecule has 1 unspecified atom stereocenters. The zero-order chi connectivity index (χ0) is 14.5. The molecule has 4 nitrogen and oxygen atoms in total. The molecule has 1 amide bonds. The highest BCUT2D eigenvalue weighted by molar-refractivity contribution is 7.98. The lowest BCUT2D eigenvalue weighted by Crippen LogP contribution is -2.30. The number of allylic oxidation sites excluding steroid dienone is 1. The van der Waals surface area contributed by atoms with Crippen molar-refractivity contribution in [3.63, 3.8) is 0 Å². The van der Waals surface area contributed by atoms with Gasteiger partial charge in [0.15, 0.2) is 0 Å². The largest absolute Gasteiger partial charge is 0.496 e. The highest BCUT2D eigenvalue weighted by atomic mass is 32.2. The molecule has 0 radical (unpaired) electrons. The molecular formula is C15H18N2O2S. The van der Waals surface area contributed by atoms with Gasteiger partial charge in [0.25, 0.3) is 0 Å². The van der Waals surface area contributed by atoms with E-state index in [9.17, 15) is 4.79 Å². The quantitative estimate of drug-likeness (QED) is 0.867. The number of hydrogen-bond donors (Lipinski definition) is 1. The standard InChI is InChI=1S/C15H18N2O2S/c1-10-8-15(18)17-16-13(10)6-4-11-9-12(20-3)5-7-14(11)19-2/h4-7,9-10H,8H2,1-3H3,(H,17,18). The van der Waals surface area contributed by atoms with Gasteiger partial charge in [0.2, 0.25) is 5.91 Å². The van der Waals surface area contributed by atoms with Crippen LogP contribution in [0, 0.1) is 5.92 Å². The van der Waals surface area contributed by atoms with Crippen molar-refractivity contribution in [3.8, 4) is 5.75 Å². The minimum absolute atomic E-state index is 0.0309. The highest BCUT2D eigenvalue weighted by Gasteiger charge is 2.18. The van der Waals surface area contributed by atoms with Crippen molar-refractivity contribution >= 4 is 29.5 Å². The molecular weight excluding hydrogens is 272 g/mol. The first kappa shape index (κ1) is 14.7. The fourth-order valence-corrected chi connectivity index (χ4v) is 2.46. The Balaban J connectivity index is 2.24. The van der Waals surface area contributed by atoms with Crippen LogP contribution in [0.5, 0.6) is 5.75 Å². The van der Waals surface area contributed by atoms with E-state index in [-0.39, 0.29) is 11.8 Å². The minimum atomic E-state index is -0.0309. The lowest BCUT2D eigenvalue weighted by atomic mass is 9.99. The van der Waals surface area contributed by atoms with Crippen molar-refractivity contribution in [2.75, 3.05) is 13.4 Å². The molecule has 0 saturated carbocycles. The molecule has 1 N–H and O–H groups in total. The van der Waals surface area contributed by atoms with Crippen LogP contribution < -0.4 is 10.2 Å². The average Bonchev–Trinajstić information content (AvgIpc) is 2.46. The van der Waals surface area contributed by atoms with Crippen LogP contribution in [-0.2, 0) is 4.79 Å². The third kappa shape index (κ3) is 3.42. The number of ether oxygens (including phenoxy) is 1. The molecule has 0 fully saturated rings. The minimum Gasteiger partial charge on any atom is -0.496 e. The van der Waals surface area contributed by atoms with E-state index in [1.807, 2.05) is 37.5 Å². The summed E-state index contributed by atoms with van der Waals surface area (Å²) in [5, 5.41) is 4.09. The summed E-state index contributed by atoms with van der Waals surface area (Å²) < 4.78 is 5.36. The van der Waals surface area contributed by atoms with Gasteiger partial charge >= 0.3 is 0 Å². The van der Waals surface area contributed by atoms with Crippen molar-refractivity contribution in [3.05, 3.63) is 29.8 Å². The average molecular weight is 290 g/mol. The maximum absolute atomic E-state index is 11.2. The van der Waals surface area contributed by atoms with E-state index in [0.29, 0.717) is 6.42 Å². The number of hydrazone groups is 1. The molecule has 1 aromatic carbocycles. The molecule has 2 rings (SSSR count). The molecule has 5 heteroatoms. The molecule has 0 aliphatic carbocycles. The lowest BCUT2D eigenvalue weighted by molar-refractivity contribution is -0.121. The zero-order valence-corrected chi connectivity index (χ0v) is 12.7. The summed E-state index contributed by atoms with van der Waals surface area (Å²) in [6, 6.07) is 6.06. The summed E-state index contributed by atoms with van der Waals surface area (Å²) in [5.74, 6) is 0.929. The molecule has 20 heavy (non-hydrogen) atoms.